The molecule has 1 amide bonds. The quantitative estimate of drug-likeness (QED) is 0.615. The molecule has 0 bridgehead atoms. The zero-order valence-corrected chi connectivity index (χ0v) is 19.1. The number of anilines is 1. The molecule has 2 atom stereocenters. The summed E-state index contributed by atoms with van der Waals surface area (Å²) < 4.78 is 7.44. The summed E-state index contributed by atoms with van der Waals surface area (Å²) in [6, 6.07) is 5.61. The van der Waals surface area contributed by atoms with Crippen LogP contribution in [0.15, 0.2) is 18.5 Å². The summed E-state index contributed by atoms with van der Waals surface area (Å²) in [6.07, 6.45) is 2.87. The van der Waals surface area contributed by atoms with Crippen molar-refractivity contribution in [2.45, 2.75) is 65.1 Å². The second kappa shape index (κ2) is 8.22. The van der Waals surface area contributed by atoms with Crippen LogP contribution in [-0.4, -0.2) is 66.3 Å². The van der Waals surface area contributed by atoms with Crippen molar-refractivity contribution in [3.8, 4) is 6.07 Å². The molecule has 1 aliphatic rings. The highest BCUT2D eigenvalue weighted by Crippen LogP contribution is 2.31. The molecule has 0 radical (unpaired) electrons. The molecule has 0 N–H and O–H groups in total. The molecule has 32 heavy (non-hydrogen) atoms. The molecule has 168 valence electrons. The van der Waals surface area contributed by atoms with E-state index in [2.05, 4.69) is 40.0 Å². The first-order valence-corrected chi connectivity index (χ1v) is 10.9. The Morgan fingerprint density at radius 1 is 1.19 bits per heavy atom. The Morgan fingerprint density at radius 3 is 2.59 bits per heavy atom. The van der Waals surface area contributed by atoms with Crippen LogP contribution >= 0.6 is 0 Å². The molecular weight excluding hydrogens is 408 g/mol. The van der Waals surface area contributed by atoms with E-state index < -0.39 is 5.60 Å². The highest BCUT2D eigenvalue weighted by Gasteiger charge is 2.38. The lowest BCUT2D eigenvalue weighted by molar-refractivity contribution is 0.00984. The fraction of sp³-hybridized carbons (Fsp3) is 0.545. The second-order valence-electron chi connectivity index (χ2n) is 9.02. The summed E-state index contributed by atoms with van der Waals surface area (Å²) >= 11 is 0. The number of hydrogen-bond acceptors (Lipinski definition) is 8. The maximum Gasteiger partial charge on any atom is 0.410 e. The highest BCUT2D eigenvalue weighted by molar-refractivity contribution is 5.88. The van der Waals surface area contributed by atoms with E-state index in [0.717, 1.165) is 18.4 Å². The SMILES string of the molecule is CC[C@@H]1CN(c2nc3nncn3c3ccc(C#N)nc23)[C@@H](CC)CN1C(=O)OC(C)(C)C. The van der Waals surface area contributed by atoms with Crippen molar-refractivity contribution >= 4 is 28.7 Å². The van der Waals surface area contributed by atoms with Crippen LogP contribution in [0.1, 0.15) is 53.2 Å². The molecule has 0 saturated carbocycles. The zero-order valence-electron chi connectivity index (χ0n) is 19.1. The molecule has 0 spiro atoms. The van der Waals surface area contributed by atoms with Crippen LogP contribution in [0, 0.1) is 11.3 Å². The average molecular weight is 437 g/mol. The lowest BCUT2D eigenvalue weighted by Gasteiger charge is -2.46. The van der Waals surface area contributed by atoms with Crippen LogP contribution in [0.25, 0.3) is 16.8 Å². The fourth-order valence-corrected chi connectivity index (χ4v) is 4.15. The largest absolute Gasteiger partial charge is 0.444 e. The third-order valence-electron chi connectivity index (χ3n) is 5.73. The number of amides is 1. The van der Waals surface area contributed by atoms with Gasteiger partial charge in [-0.3, -0.25) is 4.40 Å². The van der Waals surface area contributed by atoms with Crippen molar-refractivity contribution in [3.63, 3.8) is 0 Å². The van der Waals surface area contributed by atoms with Crippen LogP contribution in [0.3, 0.4) is 0 Å². The summed E-state index contributed by atoms with van der Waals surface area (Å²) in [5, 5.41) is 17.5. The highest BCUT2D eigenvalue weighted by atomic mass is 16.6. The summed E-state index contributed by atoms with van der Waals surface area (Å²) in [6.45, 7) is 10.9. The Labute approximate surface area is 186 Å². The third-order valence-corrected chi connectivity index (χ3v) is 5.73. The normalized spacial score (nSPS) is 19.4. The molecule has 1 fully saturated rings. The van der Waals surface area contributed by atoms with Gasteiger partial charge in [0.2, 0.25) is 0 Å². The smallest absolute Gasteiger partial charge is 0.410 e. The lowest BCUT2D eigenvalue weighted by atomic mass is 10.0. The van der Waals surface area contributed by atoms with Gasteiger partial charge in [-0.1, -0.05) is 13.8 Å². The van der Waals surface area contributed by atoms with Crippen molar-refractivity contribution in [3.05, 3.63) is 24.2 Å². The van der Waals surface area contributed by atoms with Crippen molar-refractivity contribution in [1.29, 1.82) is 5.26 Å². The topological polar surface area (TPSA) is 113 Å². The molecule has 0 aromatic carbocycles. The molecule has 3 aromatic heterocycles. The van der Waals surface area contributed by atoms with Gasteiger partial charge in [-0.25, -0.2) is 9.78 Å². The van der Waals surface area contributed by atoms with Crippen LogP contribution in [0.5, 0.6) is 0 Å². The van der Waals surface area contributed by atoms with Crippen molar-refractivity contribution < 1.29 is 9.53 Å². The first kappa shape index (κ1) is 21.7. The number of hydrogen-bond donors (Lipinski definition) is 0. The maximum atomic E-state index is 12.9. The number of aromatic nitrogens is 5. The van der Waals surface area contributed by atoms with Gasteiger partial charge in [-0.2, -0.15) is 10.2 Å². The summed E-state index contributed by atoms with van der Waals surface area (Å²) in [5.74, 6) is 1.13. The number of rotatable bonds is 3. The van der Waals surface area contributed by atoms with Gasteiger partial charge in [0.1, 0.15) is 29.2 Å². The van der Waals surface area contributed by atoms with Gasteiger partial charge in [-0.15, -0.1) is 10.2 Å². The Kier molecular flexibility index (Phi) is 5.59. The molecule has 4 heterocycles. The van der Waals surface area contributed by atoms with Crippen molar-refractivity contribution in [2.24, 2.45) is 0 Å². The van der Waals surface area contributed by atoms with Gasteiger partial charge in [0.25, 0.3) is 5.78 Å². The number of carbonyl (C=O) groups excluding carboxylic acids is 1. The number of nitrogens with zero attached hydrogens (tertiary/aromatic N) is 8. The van der Waals surface area contributed by atoms with Gasteiger partial charge in [0, 0.05) is 19.1 Å². The van der Waals surface area contributed by atoms with Gasteiger partial charge in [-0.05, 0) is 45.7 Å². The van der Waals surface area contributed by atoms with E-state index in [9.17, 15) is 10.1 Å². The van der Waals surface area contributed by atoms with Crippen LogP contribution in [0.2, 0.25) is 0 Å². The van der Waals surface area contributed by atoms with Gasteiger partial charge < -0.3 is 14.5 Å². The number of pyridine rings is 1. The van der Waals surface area contributed by atoms with E-state index in [4.69, 9.17) is 9.72 Å². The van der Waals surface area contributed by atoms with E-state index in [1.54, 1.807) is 16.8 Å². The molecule has 4 rings (SSSR count). The van der Waals surface area contributed by atoms with Crippen molar-refractivity contribution in [1.82, 2.24) is 29.5 Å². The number of carbonyl (C=O) groups is 1. The Balaban J connectivity index is 1.79. The predicted octanol–water partition coefficient (Wildman–Crippen LogP) is 3.16. The third kappa shape index (κ3) is 3.90. The first-order chi connectivity index (χ1) is 15.3. The predicted molar refractivity (Wildman–Crippen MR) is 119 cm³/mol. The van der Waals surface area contributed by atoms with Gasteiger partial charge >= 0.3 is 6.09 Å². The van der Waals surface area contributed by atoms with Crippen LogP contribution < -0.4 is 4.90 Å². The summed E-state index contributed by atoms with van der Waals surface area (Å²) in [4.78, 5) is 26.3. The Bertz CT molecular complexity index is 1190. The first-order valence-electron chi connectivity index (χ1n) is 10.9. The molecule has 0 aliphatic carbocycles. The summed E-state index contributed by atoms with van der Waals surface area (Å²) in [5.41, 5.74) is 1.17. The molecule has 10 heteroatoms. The average Bonchev–Trinajstić information content (AvgIpc) is 3.24. The minimum absolute atomic E-state index is 0.0129. The molecule has 1 saturated heterocycles. The summed E-state index contributed by atoms with van der Waals surface area (Å²) in [7, 11) is 0. The molecule has 3 aromatic rings. The number of fused-ring (bicyclic) bond motifs is 3. The van der Waals surface area contributed by atoms with E-state index >= 15 is 0 Å². The van der Waals surface area contributed by atoms with E-state index in [1.165, 1.54) is 0 Å². The van der Waals surface area contributed by atoms with E-state index in [1.807, 2.05) is 31.7 Å². The lowest BCUT2D eigenvalue weighted by Crippen LogP contribution is -2.60. The molecule has 10 nitrogen and oxygen atoms in total. The van der Waals surface area contributed by atoms with E-state index in [-0.39, 0.29) is 18.2 Å². The van der Waals surface area contributed by atoms with Crippen LogP contribution in [0.4, 0.5) is 10.6 Å². The minimum atomic E-state index is -0.553. The number of piperazine rings is 1. The van der Waals surface area contributed by atoms with Gasteiger partial charge in [0.05, 0.1) is 11.6 Å². The number of nitriles is 1. The van der Waals surface area contributed by atoms with Crippen LogP contribution in [-0.2, 0) is 4.74 Å². The van der Waals surface area contributed by atoms with E-state index in [0.29, 0.717) is 35.9 Å². The molecule has 1 aliphatic heterocycles. The number of ether oxygens (including phenoxy) is 1. The zero-order chi connectivity index (χ0) is 23.0. The monoisotopic (exact) mass is 436 g/mol. The van der Waals surface area contributed by atoms with Gasteiger partial charge in [0.15, 0.2) is 5.82 Å². The Morgan fingerprint density at radius 2 is 1.94 bits per heavy atom. The second-order valence-corrected chi connectivity index (χ2v) is 9.02. The molecular formula is C22H28N8O2. The molecule has 0 unspecified atom stereocenters. The fourth-order valence-electron chi connectivity index (χ4n) is 4.15. The Hall–Kier alpha value is -3.48. The maximum absolute atomic E-state index is 12.9. The minimum Gasteiger partial charge on any atom is -0.444 e. The standard InChI is InChI=1S/C22H28N8O2/c1-6-15-12-29(21(31)32-22(3,4)5)16(7-2)11-28(15)19-18-17(9-8-14(10-23)25-18)30-13-24-27-20(30)26-19/h8-9,13,15-16H,6-7,11-12H2,1-5H3/t15-,16+/m0/s1. The van der Waals surface area contributed by atoms with Crippen molar-refractivity contribution in [2.75, 3.05) is 18.0 Å².